The SMILES string of the molecule is C=O.CCCCCC(C)c1ccccc1O.[Ca+2]. The smallest absolute Gasteiger partial charge is 0.508 e. The summed E-state index contributed by atoms with van der Waals surface area (Å²) in [6, 6.07) is 7.65. The van der Waals surface area contributed by atoms with Gasteiger partial charge < -0.3 is 9.90 Å². The number of aromatic hydroxyl groups is 1. The summed E-state index contributed by atoms with van der Waals surface area (Å²) in [5.41, 5.74) is 1.09. The van der Waals surface area contributed by atoms with Gasteiger partial charge in [0.1, 0.15) is 12.5 Å². The summed E-state index contributed by atoms with van der Waals surface area (Å²) in [7, 11) is 0. The first-order chi connectivity index (χ1) is 7.75. The number of carbonyl (C=O) groups excluding carboxylic acids is 1. The van der Waals surface area contributed by atoms with Gasteiger partial charge in [-0.05, 0) is 24.0 Å². The van der Waals surface area contributed by atoms with Crippen LogP contribution >= 0.6 is 0 Å². The molecule has 0 aliphatic rings. The van der Waals surface area contributed by atoms with E-state index >= 15 is 0 Å². The van der Waals surface area contributed by atoms with Crippen molar-refractivity contribution < 1.29 is 9.90 Å². The van der Waals surface area contributed by atoms with Crippen molar-refractivity contribution >= 4 is 44.5 Å². The Balaban J connectivity index is 0. The number of para-hydroxylation sites is 1. The van der Waals surface area contributed by atoms with Gasteiger partial charge in [0.15, 0.2) is 0 Å². The molecule has 2 nitrogen and oxygen atoms in total. The summed E-state index contributed by atoms with van der Waals surface area (Å²) in [6.45, 7) is 6.40. The second-order valence-corrected chi connectivity index (χ2v) is 3.96. The van der Waals surface area contributed by atoms with Gasteiger partial charge in [-0.3, -0.25) is 0 Å². The second-order valence-electron chi connectivity index (χ2n) is 3.96. The van der Waals surface area contributed by atoms with Crippen LogP contribution in [-0.4, -0.2) is 49.6 Å². The van der Waals surface area contributed by atoms with E-state index in [0.717, 1.165) is 5.56 Å². The molecule has 0 spiro atoms. The number of carbonyl (C=O) groups is 1. The number of hydrogen-bond acceptors (Lipinski definition) is 2. The molecular weight excluding hydrogens is 240 g/mol. The van der Waals surface area contributed by atoms with Crippen molar-refractivity contribution in [3.8, 4) is 5.75 Å². The molecule has 90 valence electrons. The number of rotatable bonds is 5. The zero-order valence-electron chi connectivity index (χ0n) is 11.0. The summed E-state index contributed by atoms with van der Waals surface area (Å²) in [5, 5.41) is 9.64. The Labute approximate surface area is 134 Å². The normalized spacial score (nSPS) is 10.7. The van der Waals surface area contributed by atoms with Gasteiger partial charge in [0, 0.05) is 0 Å². The Hall–Kier alpha value is -0.0503. The summed E-state index contributed by atoms with van der Waals surface area (Å²) < 4.78 is 0. The third-order valence-electron chi connectivity index (χ3n) is 2.71. The standard InChI is InChI=1S/C13H20O.CH2O.Ca/c1-3-4-5-8-11(2)12-9-6-7-10-13(12)14;1-2;/h6-7,9-11,14H,3-5,8H2,1-2H3;1H2;/q;;+2. The van der Waals surface area contributed by atoms with Crippen LogP contribution < -0.4 is 0 Å². The van der Waals surface area contributed by atoms with E-state index in [-0.39, 0.29) is 37.7 Å². The number of hydrogen-bond donors (Lipinski definition) is 1. The van der Waals surface area contributed by atoms with Crippen LogP contribution in [0.25, 0.3) is 0 Å². The molecule has 0 aliphatic heterocycles. The van der Waals surface area contributed by atoms with Crippen LogP contribution in [0.5, 0.6) is 5.75 Å². The molecule has 0 amide bonds. The van der Waals surface area contributed by atoms with Gasteiger partial charge in [-0.15, -0.1) is 0 Å². The van der Waals surface area contributed by atoms with E-state index in [0.29, 0.717) is 11.7 Å². The predicted octanol–water partition coefficient (Wildman–Crippen LogP) is 3.51. The molecule has 1 aromatic carbocycles. The Morgan fingerprint density at radius 2 is 1.82 bits per heavy atom. The van der Waals surface area contributed by atoms with Gasteiger partial charge in [-0.25, -0.2) is 0 Å². The van der Waals surface area contributed by atoms with Gasteiger partial charge in [-0.2, -0.15) is 0 Å². The van der Waals surface area contributed by atoms with Crippen molar-refractivity contribution in [1.82, 2.24) is 0 Å². The monoisotopic (exact) mass is 262 g/mol. The third kappa shape index (κ3) is 7.80. The van der Waals surface area contributed by atoms with Crippen molar-refractivity contribution in [2.45, 2.75) is 45.4 Å². The van der Waals surface area contributed by atoms with Crippen LogP contribution in [0, 0.1) is 0 Å². The number of benzene rings is 1. The predicted molar refractivity (Wildman–Crippen MR) is 73.5 cm³/mol. The number of phenolic OH excluding ortho intramolecular Hbond substituents is 1. The van der Waals surface area contributed by atoms with Crippen molar-refractivity contribution in [1.29, 1.82) is 0 Å². The van der Waals surface area contributed by atoms with Crippen LogP contribution in [0.3, 0.4) is 0 Å². The van der Waals surface area contributed by atoms with Gasteiger partial charge in [0.2, 0.25) is 0 Å². The largest absolute Gasteiger partial charge is 2.00 e. The fourth-order valence-corrected chi connectivity index (χ4v) is 1.76. The van der Waals surface area contributed by atoms with Crippen LogP contribution in [0.2, 0.25) is 0 Å². The molecule has 1 aromatic rings. The molecule has 3 heteroatoms. The van der Waals surface area contributed by atoms with E-state index < -0.39 is 0 Å². The molecule has 0 fully saturated rings. The first-order valence-electron chi connectivity index (χ1n) is 5.82. The molecule has 1 N–H and O–H groups in total. The maximum absolute atomic E-state index is 9.64. The number of unbranched alkanes of at least 4 members (excludes halogenated alkanes) is 2. The van der Waals surface area contributed by atoms with Crippen molar-refractivity contribution in [2.24, 2.45) is 0 Å². The quantitative estimate of drug-likeness (QED) is 0.651. The van der Waals surface area contributed by atoms with E-state index in [1.165, 1.54) is 25.7 Å². The van der Waals surface area contributed by atoms with E-state index in [1.54, 1.807) is 6.07 Å². The summed E-state index contributed by atoms with van der Waals surface area (Å²) in [6.07, 6.45) is 4.98. The van der Waals surface area contributed by atoms with Gasteiger partial charge in [0.05, 0.1) is 0 Å². The maximum atomic E-state index is 9.64. The van der Waals surface area contributed by atoms with Crippen molar-refractivity contribution in [2.75, 3.05) is 0 Å². The van der Waals surface area contributed by atoms with E-state index in [2.05, 4.69) is 13.8 Å². The Morgan fingerprint density at radius 1 is 1.24 bits per heavy atom. The summed E-state index contributed by atoms with van der Waals surface area (Å²) >= 11 is 0. The Morgan fingerprint density at radius 3 is 2.35 bits per heavy atom. The molecule has 0 bridgehead atoms. The van der Waals surface area contributed by atoms with Gasteiger partial charge >= 0.3 is 37.7 Å². The van der Waals surface area contributed by atoms with Crippen LogP contribution in [-0.2, 0) is 4.79 Å². The maximum Gasteiger partial charge on any atom is 2.00 e. The molecule has 1 atom stereocenters. The average molecular weight is 262 g/mol. The first-order valence-corrected chi connectivity index (χ1v) is 5.82. The zero-order chi connectivity index (χ0) is 12.4. The Bertz CT molecular complexity index is 289. The molecule has 0 saturated carbocycles. The van der Waals surface area contributed by atoms with Crippen molar-refractivity contribution in [3.63, 3.8) is 0 Å². The Kier molecular flexibility index (Phi) is 14.1. The zero-order valence-corrected chi connectivity index (χ0v) is 13.2. The van der Waals surface area contributed by atoms with Gasteiger partial charge in [0.25, 0.3) is 0 Å². The topological polar surface area (TPSA) is 37.3 Å². The van der Waals surface area contributed by atoms with E-state index in [9.17, 15) is 5.11 Å². The minimum atomic E-state index is 0. The second kappa shape index (κ2) is 12.4. The van der Waals surface area contributed by atoms with Crippen molar-refractivity contribution in [3.05, 3.63) is 29.8 Å². The summed E-state index contributed by atoms with van der Waals surface area (Å²) in [5.74, 6) is 0.916. The third-order valence-corrected chi connectivity index (χ3v) is 2.71. The molecule has 0 radical (unpaired) electrons. The van der Waals surface area contributed by atoms with E-state index in [4.69, 9.17) is 4.79 Å². The molecule has 0 heterocycles. The summed E-state index contributed by atoms with van der Waals surface area (Å²) in [4.78, 5) is 8.00. The van der Waals surface area contributed by atoms with Gasteiger partial charge in [-0.1, -0.05) is 51.3 Å². The molecule has 17 heavy (non-hydrogen) atoms. The molecule has 0 aliphatic carbocycles. The minimum Gasteiger partial charge on any atom is -0.508 e. The number of phenols is 1. The molecular formula is C14H22CaO2+2. The van der Waals surface area contributed by atoms with Crippen LogP contribution in [0.1, 0.15) is 51.0 Å². The minimum absolute atomic E-state index is 0. The van der Waals surface area contributed by atoms with Crippen LogP contribution in [0.4, 0.5) is 0 Å². The fourth-order valence-electron chi connectivity index (χ4n) is 1.76. The average Bonchev–Trinajstić information content (AvgIpc) is 2.32. The first kappa shape index (κ1) is 19.3. The molecule has 0 saturated heterocycles. The molecule has 1 rings (SSSR count). The van der Waals surface area contributed by atoms with E-state index in [1.807, 2.05) is 25.0 Å². The van der Waals surface area contributed by atoms with Crippen LogP contribution in [0.15, 0.2) is 24.3 Å². The molecule has 1 unspecified atom stereocenters. The molecule has 0 aromatic heterocycles. The fraction of sp³-hybridized carbons (Fsp3) is 0.500.